The third-order valence-electron chi connectivity index (χ3n) is 4.12. The van der Waals surface area contributed by atoms with Gasteiger partial charge < -0.3 is 14.8 Å². The number of rotatable bonds is 6. The van der Waals surface area contributed by atoms with Crippen molar-refractivity contribution < 1.29 is 4.79 Å². The Labute approximate surface area is 172 Å². The minimum absolute atomic E-state index is 0.0358. The van der Waals surface area contributed by atoms with E-state index in [4.69, 9.17) is 34.8 Å². The first-order chi connectivity index (χ1) is 12.8. The van der Waals surface area contributed by atoms with Gasteiger partial charge in [0.15, 0.2) is 5.65 Å². The van der Waals surface area contributed by atoms with Crippen LogP contribution in [0, 0.1) is 0 Å². The van der Waals surface area contributed by atoms with Crippen molar-refractivity contribution in [3.8, 4) is 0 Å². The summed E-state index contributed by atoms with van der Waals surface area (Å²) in [7, 11) is 1.89. The van der Waals surface area contributed by atoms with Gasteiger partial charge in [0, 0.05) is 43.7 Å². The minimum Gasteiger partial charge on any atom is -0.354 e. The molecule has 2 heterocycles. The monoisotopic (exact) mass is 425 g/mol. The molecule has 0 fully saturated rings. The van der Waals surface area contributed by atoms with Gasteiger partial charge in [-0.15, -0.1) is 0 Å². The highest BCUT2D eigenvalue weighted by atomic mass is 35.5. The predicted octanol–water partition coefficient (Wildman–Crippen LogP) is 4.39. The van der Waals surface area contributed by atoms with Crippen LogP contribution in [0.2, 0.25) is 15.2 Å². The van der Waals surface area contributed by atoms with Crippen molar-refractivity contribution in [2.75, 3.05) is 18.4 Å². The number of benzene rings is 1. The number of aromatic nitrogens is 3. The number of pyridine rings is 1. The van der Waals surface area contributed by atoms with Gasteiger partial charge in [0.2, 0.25) is 11.9 Å². The average Bonchev–Trinajstić information content (AvgIpc) is 2.88. The average molecular weight is 427 g/mol. The minimum atomic E-state index is -0.0358. The van der Waals surface area contributed by atoms with Gasteiger partial charge in [-0.1, -0.05) is 34.8 Å². The summed E-state index contributed by atoms with van der Waals surface area (Å²) in [5.74, 6) is 0.625. The summed E-state index contributed by atoms with van der Waals surface area (Å²) in [5.41, 5.74) is 2.33. The fourth-order valence-corrected chi connectivity index (χ4v) is 3.50. The fraction of sp³-hybridized carbons (Fsp3) is 0.278. The Morgan fingerprint density at radius 2 is 1.85 bits per heavy atom. The summed E-state index contributed by atoms with van der Waals surface area (Å²) >= 11 is 18.0. The molecular weight excluding hydrogens is 409 g/mol. The van der Waals surface area contributed by atoms with Crippen molar-refractivity contribution in [2.24, 2.45) is 7.05 Å². The molecule has 1 N–H and O–H groups in total. The molecule has 6 nitrogen and oxygen atoms in total. The van der Waals surface area contributed by atoms with Gasteiger partial charge in [0.05, 0.1) is 5.52 Å². The highest BCUT2D eigenvalue weighted by Gasteiger charge is 2.12. The van der Waals surface area contributed by atoms with Crippen LogP contribution in [0.3, 0.4) is 0 Å². The summed E-state index contributed by atoms with van der Waals surface area (Å²) in [6.07, 6.45) is 0. The standard InChI is InChI=1S/C18H18Cl3N5O/c1-11(27)26(10-12-7-13(19)9-14(20)8-12)6-5-22-18-24-17-15(25(18)2)3-4-16(21)23-17/h3-4,7-9H,5-6,10H2,1-2H3,(H,22,23,24). The van der Waals surface area contributed by atoms with E-state index in [0.717, 1.165) is 11.1 Å². The van der Waals surface area contributed by atoms with Crippen molar-refractivity contribution in [3.63, 3.8) is 0 Å². The lowest BCUT2D eigenvalue weighted by atomic mass is 10.2. The second-order valence-electron chi connectivity index (χ2n) is 6.12. The lowest BCUT2D eigenvalue weighted by Crippen LogP contribution is -2.33. The molecule has 0 saturated carbocycles. The van der Waals surface area contributed by atoms with E-state index >= 15 is 0 Å². The third kappa shape index (κ3) is 4.83. The molecule has 0 spiro atoms. The molecule has 142 valence electrons. The molecule has 0 saturated heterocycles. The number of carbonyl (C=O) groups excluding carboxylic acids is 1. The zero-order chi connectivity index (χ0) is 19.6. The van der Waals surface area contributed by atoms with E-state index in [9.17, 15) is 4.79 Å². The van der Waals surface area contributed by atoms with E-state index in [1.165, 1.54) is 6.92 Å². The van der Waals surface area contributed by atoms with Crippen LogP contribution in [-0.2, 0) is 18.4 Å². The van der Waals surface area contributed by atoms with Crippen molar-refractivity contribution in [1.82, 2.24) is 19.4 Å². The quantitative estimate of drug-likeness (QED) is 0.594. The molecule has 0 aliphatic heterocycles. The van der Waals surface area contributed by atoms with E-state index in [1.54, 1.807) is 29.2 Å². The number of hydrogen-bond donors (Lipinski definition) is 1. The number of nitrogens with one attached hydrogen (secondary N) is 1. The Morgan fingerprint density at radius 3 is 2.52 bits per heavy atom. The molecule has 3 rings (SSSR count). The largest absolute Gasteiger partial charge is 0.354 e. The van der Waals surface area contributed by atoms with E-state index in [2.05, 4.69) is 15.3 Å². The first-order valence-corrected chi connectivity index (χ1v) is 9.40. The number of halogens is 3. The normalized spacial score (nSPS) is 11.0. The lowest BCUT2D eigenvalue weighted by molar-refractivity contribution is -0.129. The Bertz CT molecular complexity index is 968. The van der Waals surface area contributed by atoms with Gasteiger partial charge in [-0.05, 0) is 35.9 Å². The molecule has 0 atom stereocenters. The van der Waals surface area contributed by atoms with Crippen LogP contribution in [0.15, 0.2) is 30.3 Å². The lowest BCUT2D eigenvalue weighted by Gasteiger charge is -2.21. The number of nitrogens with zero attached hydrogens (tertiary/aromatic N) is 4. The molecule has 0 unspecified atom stereocenters. The number of fused-ring (bicyclic) bond motifs is 1. The number of imidazole rings is 1. The molecule has 1 amide bonds. The van der Waals surface area contributed by atoms with Gasteiger partial charge in [-0.2, -0.15) is 4.98 Å². The molecule has 9 heteroatoms. The van der Waals surface area contributed by atoms with E-state index in [0.29, 0.717) is 46.4 Å². The molecule has 0 aliphatic rings. The predicted molar refractivity (Wildman–Crippen MR) is 110 cm³/mol. The van der Waals surface area contributed by atoms with Crippen LogP contribution in [0.1, 0.15) is 12.5 Å². The van der Waals surface area contributed by atoms with Crippen LogP contribution < -0.4 is 5.32 Å². The number of aryl methyl sites for hydroxylation is 1. The summed E-state index contributed by atoms with van der Waals surface area (Å²) in [4.78, 5) is 22.4. The fourth-order valence-electron chi connectivity index (χ4n) is 2.78. The Balaban J connectivity index is 1.66. The summed E-state index contributed by atoms with van der Waals surface area (Å²) in [5, 5.41) is 4.73. The summed E-state index contributed by atoms with van der Waals surface area (Å²) in [6.45, 7) is 2.99. The second kappa shape index (κ2) is 8.33. The zero-order valence-corrected chi connectivity index (χ0v) is 17.1. The van der Waals surface area contributed by atoms with Crippen LogP contribution in [0.4, 0.5) is 5.95 Å². The van der Waals surface area contributed by atoms with Crippen molar-refractivity contribution >= 4 is 57.8 Å². The maximum absolute atomic E-state index is 12.0. The van der Waals surface area contributed by atoms with Crippen LogP contribution in [0.5, 0.6) is 0 Å². The van der Waals surface area contributed by atoms with Gasteiger partial charge in [0.1, 0.15) is 5.15 Å². The zero-order valence-electron chi connectivity index (χ0n) is 14.8. The van der Waals surface area contributed by atoms with Crippen LogP contribution in [0.25, 0.3) is 11.2 Å². The van der Waals surface area contributed by atoms with Crippen molar-refractivity contribution in [3.05, 3.63) is 51.1 Å². The topological polar surface area (TPSA) is 63.1 Å². The van der Waals surface area contributed by atoms with Crippen LogP contribution >= 0.6 is 34.8 Å². The number of hydrogen-bond acceptors (Lipinski definition) is 4. The SMILES string of the molecule is CC(=O)N(CCNc1nc2nc(Cl)ccc2n1C)Cc1cc(Cl)cc(Cl)c1. The molecular formula is C18H18Cl3N5O. The van der Waals surface area contributed by atoms with Gasteiger partial charge >= 0.3 is 0 Å². The van der Waals surface area contributed by atoms with Gasteiger partial charge in [-0.25, -0.2) is 4.98 Å². The molecule has 27 heavy (non-hydrogen) atoms. The summed E-state index contributed by atoms with van der Waals surface area (Å²) < 4.78 is 1.90. The maximum atomic E-state index is 12.0. The Morgan fingerprint density at radius 1 is 1.15 bits per heavy atom. The molecule has 3 aromatic rings. The van der Waals surface area contributed by atoms with E-state index in [-0.39, 0.29) is 5.91 Å². The highest BCUT2D eigenvalue weighted by molar-refractivity contribution is 6.34. The Hall–Kier alpha value is -2.02. The second-order valence-corrected chi connectivity index (χ2v) is 7.38. The van der Waals surface area contributed by atoms with E-state index in [1.807, 2.05) is 17.7 Å². The molecule has 0 aliphatic carbocycles. The van der Waals surface area contributed by atoms with Gasteiger partial charge in [0.25, 0.3) is 0 Å². The highest BCUT2D eigenvalue weighted by Crippen LogP contribution is 2.21. The smallest absolute Gasteiger partial charge is 0.219 e. The first kappa shape index (κ1) is 19.7. The molecule has 1 aromatic carbocycles. The number of carbonyl (C=O) groups is 1. The molecule has 0 bridgehead atoms. The third-order valence-corrected chi connectivity index (χ3v) is 4.76. The number of anilines is 1. The van der Waals surface area contributed by atoms with Crippen molar-refractivity contribution in [1.29, 1.82) is 0 Å². The first-order valence-electron chi connectivity index (χ1n) is 8.27. The number of amides is 1. The molecule has 2 aromatic heterocycles. The summed E-state index contributed by atoms with van der Waals surface area (Å²) in [6, 6.07) is 8.87. The molecule has 0 radical (unpaired) electrons. The van der Waals surface area contributed by atoms with Gasteiger partial charge in [-0.3, -0.25) is 4.79 Å². The van der Waals surface area contributed by atoms with E-state index < -0.39 is 0 Å². The van der Waals surface area contributed by atoms with Crippen molar-refractivity contribution in [2.45, 2.75) is 13.5 Å². The Kier molecular flexibility index (Phi) is 6.09. The van der Waals surface area contributed by atoms with Crippen LogP contribution in [-0.4, -0.2) is 38.4 Å². The maximum Gasteiger partial charge on any atom is 0.219 e.